The van der Waals surface area contributed by atoms with Crippen molar-refractivity contribution in [2.75, 3.05) is 143 Å². The minimum Gasteiger partial charge on any atom is -0.380 e. The highest BCUT2D eigenvalue weighted by Gasteiger charge is 2.44. The SMILES string of the molecule is CC(C)CN1CCN(C(=O)CCOCC2SCC3NC(=O)NC32)CC1.CC(C)CN1CCN(C(=O)CCOCCOCCOCCOCCCC(=O)CCCC[C@@H]2SCC3NC(=O)NC32)CC1. The van der Waals surface area contributed by atoms with E-state index in [9.17, 15) is 24.0 Å². The van der Waals surface area contributed by atoms with Crippen molar-refractivity contribution in [3.05, 3.63) is 0 Å². The zero-order chi connectivity index (χ0) is 47.8. The lowest BCUT2D eigenvalue weighted by molar-refractivity contribution is -0.135. The average molecular weight is 985 g/mol. The molecule has 6 rings (SSSR count). The third kappa shape index (κ3) is 20.8. The van der Waals surface area contributed by atoms with Crippen molar-refractivity contribution in [2.24, 2.45) is 11.8 Å². The Morgan fingerprint density at radius 1 is 0.522 bits per heavy atom. The van der Waals surface area contributed by atoms with Crippen molar-refractivity contribution < 1.29 is 47.7 Å². The fourth-order valence-corrected chi connectivity index (χ4v) is 12.3. The third-order valence-corrected chi connectivity index (χ3v) is 15.7. The van der Waals surface area contributed by atoms with E-state index in [1.165, 1.54) is 0 Å². The van der Waals surface area contributed by atoms with E-state index in [-0.39, 0.29) is 53.3 Å². The fraction of sp³-hybridized carbons (Fsp3) is 0.894. The van der Waals surface area contributed by atoms with Crippen LogP contribution in [0.1, 0.15) is 79.1 Å². The summed E-state index contributed by atoms with van der Waals surface area (Å²) in [7, 11) is 0. The zero-order valence-corrected chi connectivity index (χ0v) is 42.7. The predicted octanol–water partition coefficient (Wildman–Crippen LogP) is 2.68. The van der Waals surface area contributed by atoms with E-state index in [4.69, 9.17) is 23.7 Å². The molecule has 6 heterocycles. The van der Waals surface area contributed by atoms with Crippen LogP contribution in [-0.4, -0.2) is 227 Å². The van der Waals surface area contributed by atoms with Crippen LogP contribution in [0.4, 0.5) is 9.59 Å². The molecule has 6 fully saturated rings. The summed E-state index contributed by atoms with van der Waals surface area (Å²) in [6.45, 7) is 23.2. The fourth-order valence-electron chi connectivity index (χ4n) is 9.33. The summed E-state index contributed by atoms with van der Waals surface area (Å²) in [6.07, 6.45) is 5.76. The van der Waals surface area contributed by atoms with Crippen LogP contribution in [-0.2, 0) is 38.1 Å². The Labute approximate surface area is 408 Å². The number of carbonyl (C=O) groups excluding carboxylic acids is 5. The first-order valence-electron chi connectivity index (χ1n) is 25.2. The molecule has 20 heteroatoms. The van der Waals surface area contributed by atoms with E-state index < -0.39 is 0 Å². The maximum atomic E-state index is 12.3. The number of carbonyl (C=O) groups is 5. The molecule has 4 N–H and O–H groups in total. The predicted molar refractivity (Wildman–Crippen MR) is 263 cm³/mol. The van der Waals surface area contributed by atoms with E-state index in [0.29, 0.717) is 115 Å². The number of unbranched alkanes of at least 4 members (excludes halogenated alkanes) is 1. The maximum Gasteiger partial charge on any atom is 0.315 e. The number of urea groups is 2. The van der Waals surface area contributed by atoms with Gasteiger partial charge in [0.05, 0.1) is 102 Å². The van der Waals surface area contributed by atoms with Gasteiger partial charge in [0.1, 0.15) is 5.78 Å². The highest BCUT2D eigenvalue weighted by Crippen LogP contribution is 2.33. The number of nitrogens with one attached hydrogen (secondary N) is 4. The van der Waals surface area contributed by atoms with Gasteiger partial charge in [0.2, 0.25) is 11.8 Å². The molecule has 0 bridgehead atoms. The lowest BCUT2D eigenvalue weighted by Crippen LogP contribution is -2.49. The van der Waals surface area contributed by atoms with Crippen molar-refractivity contribution in [2.45, 2.75) is 114 Å². The first-order valence-corrected chi connectivity index (χ1v) is 27.3. The molecule has 0 aromatic heterocycles. The molecule has 0 aliphatic carbocycles. The van der Waals surface area contributed by atoms with Gasteiger partial charge in [-0.2, -0.15) is 23.5 Å². The Bertz CT molecular complexity index is 1490. The summed E-state index contributed by atoms with van der Waals surface area (Å²) in [4.78, 5) is 68.3. The van der Waals surface area contributed by atoms with Crippen molar-refractivity contribution in [3.8, 4) is 0 Å². The normalized spacial score (nSPS) is 25.1. The van der Waals surface area contributed by atoms with Crippen molar-refractivity contribution in [1.29, 1.82) is 0 Å². The number of rotatable bonds is 30. The molecule has 0 aromatic carbocycles. The number of amides is 6. The molecular weight excluding hydrogens is 901 g/mol. The quantitative estimate of drug-likeness (QED) is 0.0607. The number of thioether (sulfide) groups is 2. The van der Waals surface area contributed by atoms with Gasteiger partial charge in [-0.3, -0.25) is 24.2 Å². The largest absolute Gasteiger partial charge is 0.380 e. The molecule has 18 nitrogen and oxygen atoms in total. The van der Waals surface area contributed by atoms with Crippen LogP contribution < -0.4 is 21.3 Å². The first kappa shape index (κ1) is 55.5. The number of hydrogen-bond acceptors (Lipinski definition) is 14. The van der Waals surface area contributed by atoms with Crippen molar-refractivity contribution in [1.82, 2.24) is 40.9 Å². The Morgan fingerprint density at radius 2 is 0.955 bits per heavy atom. The van der Waals surface area contributed by atoms with Gasteiger partial charge in [0.25, 0.3) is 0 Å². The van der Waals surface area contributed by atoms with Crippen molar-refractivity contribution in [3.63, 3.8) is 0 Å². The first-order chi connectivity index (χ1) is 32.4. The Hall–Kier alpha value is -2.43. The van der Waals surface area contributed by atoms with E-state index >= 15 is 0 Å². The molecule has 6 saturated heterocycles. The van der Waals surface area contributed by atoms with Crippen LogP contribution >= 0.6 is 23.5 Å². The molecule has 6 amide bonds. The van der Waals surface area contributed by atoms with Gasteiger partial charge in [-0.05, 0) is 31.1 Å². The number of Topliss-reactive ketones (excluding diaryl/α,β-unsaturated/α-hetero) is 1. The second kappa shape index (κ2) is 31.0. The molecule has 6 aliphatic heterocycles. The molecule has 384 valence electrons. The number of fused-ring (bicyclic) bond motifs is 2. The molecular formula is C47H84N8O10S2. The van der Waals surface area contributed by atoms with Crippen LogP contribution in [0.5, 0.6) is 0 Å². The van der Waals surface area contributed by atoms with Gasteiger partial charge in [0, 0.05) is 102 Å². The van der Waals surface area contributed by atoms with Crippen LogP contribution in [0, 0.1) is 11.8 Å². The second-order valence-electron chi connectivity index (χ2n) is 19.3. The number of ether oxygens (including phenoxy) is 5. The summed E-state index contributed by atoms with van der Waals surface area (Å²) >= 11 is 3.75. The molecule has 6 aliphatic rings. The van der Waals surface area contributed by atoms with Gasteiger partial charge in [-0.15, -0.1) is 0 Å². The van der Waals surface area contributed by atoms with Crippen LogP contribution in [0.25, 0.3) is 0 Å². The Kier molecular flexibility index (Phi) is 25.7. The number of piperazine rings is 2. The van der Waals surface area contributed by atoms with E-state index in [2.05, 4.69) is 58.8 Å². The minimum absolute atomic E-state index is 0.0473. The summed E-state index contributed by atoms with van der Waals surface area (Å²) < 4.78 is 27.9. The maximum absolute atomic E-state index is 12.3. The average Bonchev–Trinajstić information content (AvgIpc) is 4.07. The van der Waals surface area contributed by atoms with Gasteiger partial charge in [0.15, 0.2) is 0 Å². The number of hydrogen-bond donors (Lipinski definition) is 4. The minimum atomic E-state index is -0.0768. The topological polar surface area (TPSA) is 193 Å². The van der Waals surface area contributed by atoms with Gasteiger partial charge in [-0.25, -0.2) is 9.59 Å². The smallest absolute Gasteiger partial charge is 0.315 e. The molecule has 67 heavy (non-hydrogen) atoms. The third-order valence-electron chi connectivity index (χ3n) is 12.8. The van der Waals surface area contributed by atoms with Gasteiger partial charge in [-0.1, -0.05) is 34.1 Å². The van der Waals surface area contributed by atoms with Crippen LogP contribution in [0.15, 0.2) is 0 Å². The summed E-state index contributed by atoms with van der Waals surface area (Å²) in [5, 5.41) is 12.6. The summed E-state index contributed by atoms with van der Waals surface area (Å²) in [6, 6.07) is 0.754. The molecule has 6 atom stereocenters. The highest BCUT2D eigenvalue weighted by molar-refractivity contribution is 8.00. The molecule has 0 aromatic rings. The second-order valence-corrected chi connectivity index (χ2v) is 21.9. The zero-order valence-electron chi connectivity index (χ0n) is 41.0. The molecule has 0 radical (unpaired) electrons. The van der Waals surface area contributed by atoms with Gasteiger partial charge < -0.3 is 54.8 Å². The van der Waals surface area contributed by atoms with Crippen LogP contribution in [0.2, 0.25) is 0 Å². The summed E-state index contributed by atoms with van der Waals surface area (Å²) in [5.41, 5.74) is 0. The Morgan fingerprint density at radius 3 is 1.46 bits per heavy atom. The van der Waals surface area contributed by atoms with E-state index in [1.807, 2.05) is 33.3 Å². The standard InChI is InChI=1S/C30H54N4O7S.C17H30N4O3S/c1-24(2)22-33-10-12-34(13-11-33)28(36)9-15-39-17-19-41-21-20-40-18-16-38-14-5-7-25(35)6-3-4-8-27-29-26(23-42-27)31-30(37)32-29;1-12(2)9-20-4-6-21(7-5-20)15(22)3-8-24-10-14-16-13(11-25-14)18-17(23)19-16/h24,26-27,29H,3-23H2,1-2H3,(H2,31,32,37);12-14,16H,3-11H2,1-2H3,(H2,18,19,23)/t26?,27-,29?;/m0./s1. The van der Waals surface area contributed by atoms with E-state index in [0.717, 1.165) is 103 Å². The van der Waals surface area contributed by atoms with Crippen LogP contribution in [0.3, 0.4) is 0 Å². The molecule has 5 unspecified atom stereocenters. The van der Waals surface area contributed by atoms with E-state index in [1.54, 1.807) is 0 Å². The molecule has 0 saturated carbocycles. The van der Waals surface area contributed by atoms with Gasteiger partial charge >= 0.3 is 12.1 Å². The molecule has 0 spiro atoms. The van der Waals surface area contributed by atoms with Crippen molar-refractivity contribution >= 4 is 53.2 Å². The monoisotopic (exact) mass is 985 g/mol. The number of nitrogens with zero attached hydrogens (tertiary/aromatic N) is 4. The number of ketones is 1. The summed E-state index contributed by atoms with van der Waals surface area (Å²) in [5.74, 6) is 3.89. The lowest BCUT2D eigenvalue weighted by atomic mass is 10.0. The Balaban J connectivity index is 0.000000284. The highest BCUT2D eigenvalue weighted by atomic mass is 32.2. The lowest BCUT2D eigenvalue weighted by Gasteiger charge is -2.35.